The number of carbonyl (C=O) groups excluding carboxylic acids is 1. The Morgan fingerprint density at radius 3 is 2.20 bits per heavy atom. The molecule has 0 unspecified atom stereocenters. The first kappa shape index (κ1) is 16.4. The summed E-state index contributed by atoms with van der Waals surface area (Å²) in [6.45, 7) is 3.50. The van der Waals surface area contributed by atoms with Crippen molar-refractivity contribution in [1.82, 2.24) is 5.32 Å². The minimum absolute atomic E-state index is 0.0666. The zero-order valence-electron chi connectivity index (χ0n) is 11.3. The van der Waals surface area contributed by atoms with Gasteiger partial charge in [-0.1, -0.05) is 17.7 Å². The van der Waals surface area contributed by atoms with Crippen LogP contribution in [-0.2, 0) is 19.6 Å². The second-order valence-corrected chi connectivity index (χ2v) is 5.64. The summed E-state index contributed by atoms with van der Waals surface area (Å²) in [5, 5.41) is 3.01. The van der Waals surface area contributed by atoms with Crippen molar-refractivity contribution in [3.8, 4) is 0 Å². The first-order valence-electron chi connectivity index (χ1n) is 5.85. The van der Waals surface area contributed by atoms with Crippen LogP contribution in [0.3, 0.4) is 0 Å². The number of esters is 1. The molecule has 2 N–H and O–H groups in total. The number of rotatable bonds is 2. The smallest absolute Gasteiger partial charge is 0.330 e. The fourth-order valence-corrected chi connectivity index (χ4v) is 1.79. The van der Waals surface area contributed by atoms with E-state index in [0.29, 0.717) is 0 Å². The maximum atomic E-state index is 10.5. The van der Waals surface area contributed by atoms with Crippen LogP contribution in [0.1, 0.15) is 5.56 Å². The lowest BCUT2D eigenvalue weighted by Crippen LogP contribution is -2.34. The largest absolute Gasteiger partial charge is 0.466 e. The third kappa shape index (κ3) is 5.52. The summed E-state index contributed by atoms with van der Waals surface area (Å²) < 4.78 is 34.0. The second-order valence-electron chi connectivity index (χ2n) is 4.22. The van der Waals surface area contributed by atoms with Crippen LogP contribution in [0.5, 0.6) is 0 Å². The molecule has 0 atom stereocenters. The average molecular weight is 299 g/mol. The highest BCUT2D eigenvalue weighted by molar-refractivity contribution is 7.85. The normalized spacial score (nSPS) is 13.7. The summed E-state index contributed by atoms with van der Waals surface area (Å²) in [5.74, 6) is -0.258. The van der Waals surface area contributed by atoms with E-state index in [1.807, 2.05) is 6.92 Å². The predicted molar refractivity (Wildman–Crippen MR) is 74.0 cm³/mol. The number of ether oxygens (including phenoxy) is 1. The van der Waals surface area contributed by atoms with Crippen LogP contribution in [0.2, 0.25) is 0 Å². The molecular weight excluding hydrogens is 282 g/mol. The molecule has 0 spiro atoms. The molecule has 1 aromatic rings. The van der Waals surface area contributed by atoms with Crippen molar-refractivity contribution in [3.63, 3.8) is 0 Å². The lowest BCUT2D eigenvalue weighted by molar-refractivity contribution is -0.134. The molecule has 0 bridgehead atoms. The van der Waals surface area contributed by atoms with Gasteiger partial charge in [0.25, 0.3) is 10.1 Å². The molecule has 1 heterocycles. The van der Waals surface area contributed by atoms with E-state index in [4.69, 9.17) is 4.55 Å². The fraction of sp³-hybridized carbons (Fsp3) is 0.308. The van der Waals surface area contributed by atoms with Gasteiger partial charge in [0.05, 0.1) is 12.0 Å². The van der Waals surface area contributed by atoms with E-state index in [1.54, 1.807) is 12.1 Å². The van der Waals surface area contributed by atoms with Crippen LogP contribution in [0.15, 0.2) is 40.8 Å². The molecule has 0 saturated carbocycles. The Kier molecular flexibility index (Phi) is 5.87. The van der Waals surface area contributed by atoms with E-state index in [2.05, 4.69) is 10.1 Å². The van der Waals surface area contributed by atoms with Gasteiger partial charge in [-0.3, -0.25) is 4.55 Å². The van der Waals surface area contributed by atoms with E-state index in [-0.39, 0.29) is 10.9 Å². The van der Waals surface area contributed by atoms with Crippen molar-refractivity contribution in [1.29, 1.82) is 0 Å². The Bertz CT molecular complexity index is 584. The highest BCUT2D eigenvalue weighted by atomic mass is 32.2. The monoisotopic (exact) mass is 299 g/mol. The molecule has 0 amide bonds. The van der Waals surface area contributed by atoms with Crippen LogP contribution in [0.25, 0.3) is 0 Å². The number of carbonyl (C=O) groups is 1. The van der Waals surface area contributed by atoms with E-state index in [1.165, 1.54) is 25.3 Å². The molecule has 1 aliphatic rings. The van der Waals surface area contributed by atoms with Gasteiger partial charge < -0.3 is 10.1 Å². The Morgan fingerprint density at radius 1 is 1.30 bits per heavy atom. The molecule has 0 radical (unpaired) electrons. The first-order valence-corrected chi connectivity index (χ1v) is 7.29. The lowest BCUT2D eigenvalue weighted by atomic mass is 10.1. The van der Waals surface area contributed by atoms with Crippen LogP contribution < -0.4 is 5.32 Å². The molecule has 0 aliphatic carbocycles. The Balaban J connectivity index is 0.000000204. The van der Waals surface area contributed by atoms with Gasteiger partial charge in [0.1, 0.15) is 0 Å². The quantitative estimate of drug-likeness (QED) is 0.479. The van der Waals surface area contributed by atoms with Crippen molar-refractivity contribution in [3.05, 3.63) is 41.5 Å². The molecule has 1 aliphatic heterocycles. The molecule has 1 saturated heterocycles. The van der Waals surface area contributed by atoms with Crippen molar-refractivity contribution in [2.45, 2.75) is 11.8 Å². The molecule has 0 aromatic heterocycles. The molecule has 20 heavy (non-hydrogen) atoms. The summed E-state index contributed by atoms with van der Waals surface area (Å²) in [4.78, 5) is 10.4. The molecule has 110 valence electrons. The van der Waals surface area contributed by atoms with E-state index in [0.717, 1.165) is 24.2 Å². The molecule has 1 aromatic carbocycles. The number of hydrogen-bond acceptors (Lipinski definition) is 5. The zero-order chi connectivity index (χ0) is 15.2. The topological polar surface area (TPSA) is 92.7 Å². The molecule has 7 heteroatoms. The summed E-state index contributed by atoms with van der Waals surface area (Å²) in [6.07, 6.45) is 1.52. The summed E-state index contributed by atoms with van der Waals surface area (Å²) in [7, 11) is -2.64. The summed E-state index contributed by atoms with van der Waals surface area (Å²) in [5.41, 5.74) is 2.07. The van der Waals surface area contributed by atoms with Crippen LogP contribution in [0.4, 0.5) is 0 Å². The van der Waals surface area contributed by atoms with Crippen molar-refractivity contribution in [2.75, 3.05) is 20.2 Å². The summed E-state index contributed by atoms with van der Waals surface area (Å²) in [6, 6.07) is 5.99. The van der Waals surface area contributed by atoms with Crippen LogP contribution >= 0.6 is 0 Å². The van der Waals surface area contributed by atoms with E-state index < -0.39 is 10.1 Å². The fourth-order valence-electron chi connectivity index (χ4n) is 1.31. The Hall–Kier alpha value is -1.70. The third-order valence-electron chi connectivity index (χ3n) is 2.55. The highest BCUT2D eigenvalue weighted by Crippen LogP contribution is 2.08. The minimum Gasteiger partial charge on any atom is -0.466 e. The molecule has 1 fully saturated rings. The predicted octanol–water partition coefficient (Wildman–Crippen LogP) is 0.931. The number of benzene rings is 1. The van der Waals surface area contributed by atoms with Gasteiger partial charge in [-0.05, 0) is 24.6 Å². The van der Waals surface area contributed by atoms with E-state index >= 15 is 0 Å². The van der Waals surface area contributed by atoms with E-state index in [9.17, 15) is 13.2 Å². The van der Waals surface area contributed by atoms with Gasteiger partial charge in [0.15, 0.2) is 0 Å². The van der Waals surface area contributed by atoms with Crippen molar-refractivity contribution < 1.29 is 22.5 Å². The standard InChI is InChI=1S/C7H8O3S.C6H9NO2/c1-6-2-4-7(5-3-6)11(8,9)10;1-9-6(8)2-5-3-7-4-5/h2-5H,1H3,(H,8,9,10);2,7H,3-4H2,1H3. The molecule has 2 rings (SSSR count). The van der Waals surface area contributed by atoms with Gasteiger partial charge >= 0.3 is 5.97 Å². The Labute approximate surface area is 118 Å². The Morgan fingerprint density at radius 2 is 1.85 bits per heavy atom. The molecule has 6 nitrogen and oxygen atoms in total. The third-order valence-corrected chi connectivity index (χ3v) is 3.41. The van der Waals surface area contributed by atoms with Gasteiger partial charge in [0.2, 0.25) is 0 Å². The van der Waals surface area contributed by atoms with Crippen molar-refractivity contribution in [2.24, 2.45) is 0 Å². The number of methoxy groups -OCH3 is 1. The van der Waals surface area contributed by atoms with Gasteiger partial charge in [0, 0.05) is 19.2 Å². The SMILES string of the molecule is COC(=O)C=C1CNC1.Cc1ccc(S(=O)(=O)O)cc1. The van der Waals surface area contributed by atoms with Crippen molar-refractivity contribution >= 4 is 16.1 Å². The second kappa shape index (κ2) is 7.18. The first-order chi connectivity index (χ1) is 9.32. The average Bonchev–Trinajstić information content (AvgIpc) is 2.33. The number of hydrogen-bond donors (Lipinski definition) is 2. The minimum atomic E-state index is -4.02. The number of aryl methyl sites for hydroxylation is 1. The maximum absolute atomic E-state index is 10.5. The summed E-state index contributed by atoms with van der Waals surface area (Å²) >= 11 is 0. The highest BCUT2D eigenvalue weighted by Gasteiger charge is 2.08. The zero-order valence-corrected chi connectivity index (χ0v) is 12.1. The maximum Gasteiger partial charge on any atom is 0.330 e. The van der Waals surface area contributed by atoms with Crippen LogP contribution in [-0.4, -0.2) is 39.1 Å². The molecular formula is C13H17NO5S. The lowest BCUT2D eigenvalue weighted by Gasteiger charge is -2.17. The van der Waals surface area contributed by atoms with Gasteiger partial charge in [-0.15, -0.1) is 0 Å². The van der Waals surface area contributed by atoms with Gasteiger partial charge in [-0.25, -0.2) is 4.79 Å². The van der Waals surface area contributed by atoms with Crippen LogP contribution in [0, 0.1) is 6.92 Å². The number of nitrogens with one attached hydrogen (secondary N) is 1. The van der Waals surface area contributed by atoms with Gasteiger partial charge in [-0.2, -0.15) is 8.42 Å².